The summed E-state index contributed by atoms with van der Waals surface area (Å²) in [6.45, 7) is 0.522. The van der Waals surface area contributed by atoms with Gasteiger partial charge in [0.2, 0.25) is 0 Å². The first-order chi connectivity index (χ1) is 10.2. The summed E-state index contributed by atoms with van der Waals surface area (Å²) in [4.78, 5) is 16.0. The molecule has 0 saturated heterocycles. The summed E-state index contributed by atoms with van der Waals surface area (Å²) in [5.41, 5.74) is 3.84. The Bertz CT molecular complexity index is 616. The van der Waals surface area contributed by atoms with Crippen LogP contribution in [-0.4, -0.2) is 24.5 Å². The topological polar surface area (TPSA) is 89.3 Å². The van der Waals surface area contributed by atoms with Crippen LogP contribution in [0.3, 0.4) is 0 Å². The molecular weight excluding hydrogens is 268 g/mol. The molecule has 2 aromatic rings. The molecule has 110 valence electrons. The highest BCUT2D eigenvalue weighted by atomic mass is 16.5. The van der Waals surface area contributed by atoms with Crippen LogP contribution in [0.25, 0.3) is 0 Å². The number of carbonyl (C=O) groups excluding carboxylic acids is 1. The SMILES string of the molecule is COc1cccc(CCNC(=O)c2cccc(NN)n2)c1. The van der Waals surface area contributed by atoms with Crippen molar-refractivity contribution < 1.29 is 9.53 Å². The fourth-order valence-electron chi connectivity index (χ4n) is 1.88. The van der Waals surface area contributed by atoms with Crippen LogP contribution in [0.2, 0.25) is 0 Å². The van der Waals surface area contributed by atoms with Gasteiger partial charge in [0.15, 0.2) is 0 Å². The maximum atomic E-state index is 12.0. The first-order valence-corrected chi connectivity index (χ1v) is 6.57. The van der Waals surface area contributed by atoms with Crippen molar-refractivity contribution >= 4 is 11.7 Å². The second-order valence-corrected chi connectivity index (χ2v) is 4.41. The van der Waals surface area contributed by atoms with E-state index < -0.39 is 0 Å². The molecule has 1 aromatic carbocycles. The number of amides is 1. The Kier molecular flexibility index (Phi) is 5.11. The largest absolute Gasteiger partial charge is 0.497 e. The number of ether oxygens (including phenoxy) is 1. The summed E-state index contributed by atoms with van der Waals surface area (Å²) in [6.07, 6.45) is 0.720. The zero-order valence-electron chi connectivity index (χ0n) is 11.8. The molecule has 6 heteroatoms. The number of benzene rings is 1. The average molecular weight is 286 g/mol. The van der Waals surface area contributed by atoms with Gasteiger partial charge in [-0.2, -0.15) is 0 Å². The highest BCUT2D eigenvalue weighted by molar-refractivity contribution is 5.92. The molecule has 6 nitrogen and oxygen atoms in total. The number of pyridine rings is 1. The quantitative estimate of drug-likeness (QED) is 0.551. The van der Waals surface area contributed by atoms with Gasteiger partial charge in [-0.15, -0.1) is 0 Å². The van der Waals surface area contributed by atoms with Crippen LogP contribution >= 0.6 is 0 Å². The molecule has 0 atom stereocenters. The van der Waals surface area contributed by atoms with E-state index in [0.717, 1.165) is 17.7 Å². The highest BCUT2D eigenvalue weighted by Crippen LogP contribution is 2.12. The van der Waals surface area contributed by atoms with Gasteiger partial charge >= 0.3 is 0 Å². The minimum atomic E-state index is -0.227. The van der Waals surface area contributed by atoms with Gasteiger partial charge in [-0.25, -0.2) is 10.8 Å². The lowest BCUT2D eigenvalue weighted by atomic mass is 10.1. The zero-order chi connectivity index (χ0) is 15.1. The predicted octanol–water partition coefficient (Wildman–Crippen LogP) is 1.35. The second-order valence-electron chi connectivity index (χ2n) is 4.41. The van der Waals surface area contributed by atoms with Crippen LogP contribution in [0.4, 0.5) is 5.82 Å². The van der Waals surface area contributed by atoms with E-state index in [0.29, 0.717) is 18.1 Å². The number of hydrogen-bond donors (Lipinski definition) is 3. The Morgan fingerprint density at radius 2 is 2.10 bits per heavy atom. The first-order valence-electron chi connectivity index (χ1n) is 6.57. The Morgan fingerprint density at radius 3 is 2.86 bits per heavy atom. The lowest BCUT2D eigenvalue weighted by Gasteiger charge is -2.07. The number of nitrogens with one attached hydrogen (secondary N) is 2. The Morgan fingerprint density at radius 1 is 1.29 bits per heavy atom. The summed E-state index contributed by atoms with van der Waals surface area (Å²) in [5.74, 6) is 6.30. The maximum Gasteiger partial charge on any atom is 0.269 e. The number of methoxy groups -OCH3 is 1. The molecule has 0 aliphatic heterocycles. The molecule has 0 aliphatic carbocycles. The van der Waals surface area contributed by atoms with E-state index in [1.807, 2.05) is 24.3 Å². The van der Waals surface area contributed by atoms with Crippen molar-refractivity contribution in [1.82, 2.24) is 10.3 Å². The van der Waals surface area contributed by atoms with Crippen molar-refractivity contribution in [3.8, 4) is 5.75 Å². The normalized spacial score (nSPS) is 10.0. The van der Waals surface area contributed by atoms with E-state index in [-0.39, 0.29) is 5.91 Å². The molecule has 2 rings (SSSR count). The summed E-state index contributed by atoms with van der Waals surface area (Å²) in [7, 11) is 1.63. The van der Waals surface area contributed by atoms with Crippen molar-refractivity contribution in [2.24, 2.45) is 5.84 Å². The van der Waals surface area contributed by atoms with Crippen LogP contribution in [0.15, 0.2) is 42.5 Å². The number of hydrogen-bond acceptors (Lipinski definition) is 5. The van der Waals surface area contributed by atoms with Crippen molar-refractivity contribution in [2.45, 2.75) is 6.42 Å². The van der Waals surface area contributed by atoms with Crippen LogP contribution in [-0.2, 0) is 6.42 Å². The molecule has 4 N–H and O–H groups in total. The number of aromatic nitrogens is 1. The molecule has 1 heterocycles. The van der Waals surface area contributed by atoms with Crippen molar-refractivity contribution in [3.63, 3.8) is 0 Å². The molecule has 1 amide bonds. The first kappa shape index (κ1) is 14.8. The summed E-state index contributed by atoms with van der Waals surface area (Å²) in [6, 6.07) is 12.8. The number of carbonyl (C=O) groups is 1. The third kappa shape index (κ3) is 4.19. The standard InChI is InChI=1S/C15H18N4O2/c1-21-12-5-2-4-11(10-12)8-9-17-15(20)13-6-3-7-14(18-13)19-16/h2-7,10H,8-9,16H2,1H3,(H,17,20)(H,18,19). The van der Waals surface area contributed by atoms with Crippen molar-refractivity contribution in [1.29, 1.82) is 0 Å². The Hall–Kier alpha value is -2.60. The van der Waals surface area contributed by atoms with E-state index in [1.54, 1.807) is 25.3 Å². The Labute approximate surface area is 123 Å². The average Bonchev–Trinajstić information content (AvgIpc) is 2.55. The van der Waals surface area contributed by atoms with Gasteiger partial charge in [0.05, 0.1) is 7.11 Å². The summed E-state index contributed by atoms with van der Waals surface area (Å²) >= 11 is 0. The minimum absolute atomic E-state index is 0.227. The number of rotatable bonds is 6. The summed E-state index contributed by atoms with van der Waals surface area (Å²) in [5, 5.41) is 2.83. The molecule has 0 fully saturated rings. The van der Waals surface area contributed by atoms with Crippen LogP contribution in [0.1, 0.15) is 16.1 Å². The predicted molar refractivity (Wildman–Crippen MR) is 81.1 cm³/mol. The molecule has 0 saturated carbocycles. The van der Waals surface area contributed by atoms with E-state index in [2.05, 4.69) is 15.7 Å². The molecule has 0 spiro atoms. The highest BCUT2D eigenvalue weighted by Gasteiger charge is 2.07. The minimum Gasteiger partial charge on any atom is -0.497 e. The molecular formula is C15H18N4O2. The molecule has 1 aromatic heterocycles. The van der Waals surface area contributed by atoms with Crippen molar-refractivity contribution in [2.75, 3.05) is 19.1 Å². The van der Waals surface area contributed by atoms with Gasteiger partial charge in [-0.05, 0) is 36.2 Å². The fraction of sp³-hybridized carbons (Fsp3) is 0.200. The van der Waals surface area contributed by atoms with Crippen LogP contribution in [0.5, 0.6) is 5.75 Å². The van der Waals surface area contributed by atoms with Gasteiger partial charge < -0.3 is 15.5 Å². The summed E-state index contributed by atoms with van der Waals surface area (Å²) < 4.78 is 5.16. The number of hydrazine groups is 1. The van der Waals surface area contributed by atoms with Gasteiger partial charge in [-0.3, -0.25) is 4.79 Å². The maximum absolute atomic E-state index is 12.0. The smallest absolute Gasteiger partial charge is 0.269 e. The molecule has 0 unspecified atom stereocenters. The number of nitrogens with two attached hydrogens (primary N) is 1. The van der Waals surface area contributed by atoms with E-state index in [4.69, 9.17) is 10.6 Å². The van der Waals surface area contributed by atoms with E-state index >= 15 is 0 Å². The van der Waals surface area contributed by atoms with Crippen LogP contribution < -0.4 is 21.3 Å². The molecule has 21 heavy (non-hydrogen) atoms. The van der Waals surface area contributed by atoms with Crippen molar-refractivity contribution in [3.05, 3.63) is 53.7 Å². The Balaban J connectivity index is 1.88. The van der Waals surface area contributed by atoms with Crippen LogP contribution in [0, 0.1) is 0 Å². The second kappa shape index (κ2) is 7.25. The van der Waals surface area contributed by atoms with Gasteiger partial charge in [0.1, 0.15) is 17.3 Å². The number of anilines is 1. The number of nitrogen functional groups attached to an aromatic ring is 1. The monoisotopic (exact) mass is 286 g/mol. The van der Waals surface area contributed by atoms with E-state index in [1.165, 1.54) is 0 Å². The number of nitrogens with zero attached hydrogens (tertiary/aromatic N) is 1. The van der Waals surface area contributed by atoms with Gasteiger partial charge in [0, 0.05) is 6.54 Å². The lowest BCUT2D eigenvalue weighted by Crippen LogP contribution is -2.26. The molecule has 0 radical (unpaired) electrons. The molecule has 0 bridgehead atoms. The molecule has 0 aliphatic rings. The van der Waals surface area contributed by atoms with Gasteiger partial charge in [0.25, 0.3) is 5.91 Å². The van der Waals surface area contributed by atoms with E-state index in [9.17, 15) is 4.79 Å². The third-order valence-electron chi connectivity index (χ3n) is 2.96. The van der Waals surface area contributed by atoms with Gasteiger partial charge in [-0.1, -0.05) is 18.2 Å². The fourth-order valence-corrected chi connectivity index (χ4v) is 1.88. The lowest BCUT2D eigenvalue weighted by molar-refractivity contribution is 0.0949. The third-order valence-corrected chi connectivity index (χ3v) is 2.96. The zero-order valence-corrected chi connectivity index (χ0v) is 11.8.